The number of aromatic nitrogens is 2. The number of amides is 1. The minimum atomic E-state index is -4.99. The topological polar surface area (TPSA) is 75.3 Å². The van der Waals surface area contributed by atoms with Crippen molar-refractivity contribution in [1.82, 2.24) is 14.9 Å². The highest BCUT2D eigenvalue weighted by atomic mass is 19.4. The van der Waals surface area contributed by atoms with Gasteiger partial charge in [0.15, 0.2) is 11.5 Å². The first-order valence-electron chi connectivity index (χ1n) is 9.00. The zero-order chi connectivity index (χ0) is 22.5. The maximum Gasteiger partial charge on any atom is 0.436 e. The molecule has 162 valence electrons. The first-order chi connectivity index (χ1) is 14.6. The van der Waals surface area contributed by atoms with E-state index in [1.165, 1.54) is 19.2 Å². The lowest BCUT2D eigenvalue weighted by atomic mass is 9.95. The summed E-state index contributed by atoms with van der Waals surface area (Å²) in [6.07, 6.45) is -4.34. The molecule has 4 rings (SSSR count). The molecule has 0 fully saturated rings. The Morgan fingerprint density at radius 2 is 1.97 bits per heavy atom. The van der Waals surface area contributed by atoms with Crippen molar-refractivity contribution >= 4 is 16.7 Å². The van der Waals surface area contributed by atoms with Gasteiger partial charge in [-0.1, -0.05) is 6.07 Å². The number of benzene rings is 1. The number of alkyl halides is 3. The largest absolute Gasteiger partial charge is 0.436 e. The Morgan fingerprint density at radius 3 is 2.65 bits per heavy atom. The normalized spacial score (nSPS) is 16.3. The summed E-state index contributed by atoms with van der Waals surface area (Å²) in [6.45, 7) is 0.0528. The summed E-state index contributed by atoms with van der Waals surface area (Å²) in [4.78, 5) is 32.0. The van der Waals surface area contributed by atoms with Crippen LogP contribution in [0, 0.1) is 11.6 Å². The molecule has 1 amide bonds. The Morgan fingerprint density at radius 1 is 1.23 bits per heavy atom. The first-order valence-corrected chi connectivity index (χ1v) is 9.00. The quantitative estimate of drug-likeness (QED) is 0.620. The van der Waals surface area contributed by atoms with Crippen LogP contribution < -0.4 is 5.56 Å². The molecule has 1 aliphatic rings. The van der Waals surface area contributed by atoms with Gasteiger partial charge in [-0.05, 0) is 23.6 Å². The van der Waals surface area contributed by atoms with Crippen molar-refractivity contribution in [2.24, 2.45) is 0 Å². The lowest BCUT2D eigenvalue weighted by Crippen LogP contribution is -2.37. The number of carbonyl (C=O) groups excluding carboxylic acids is 1. The summed E-state index contributed by atoms with van der Waals surface area (Å²) in [6, 6.07) is 3.35. The van der Waals surface area contributed by atoms with E-state index < -0.39 is 41.0 Å². The summed E-state index contributed by atoms with van der Waals surface area (Å²) in [5, 5.41) is 0.485. The average molecular weight is 439 g/mol. The molecule has 0 saturated carbocycles. The molecule has 1 N–H and O–H groups in total. The number of carbonyl (C=O) groups is 1. The van der Waals surface area contributed by atoms with Crippen LogP contribution >= 0.6 is 0 Å². The number of ether oxygens (including phenoxy) is 1. The fourth-order valence-corrected chi connectivity index (χ4v) is 3.64. The van der Waals surface area contributed by atoms with Gasteiger partial charge in [-0.2, -0.15) is 13.2 Å². The summed E-state index contributed by atoms with van der Waals surface area (Å²) in [5.41, 5.74) is -1.74. The Kier molecular flexibility index (Phi) is 5.00. The molecule has 1 aromatic carbocycles. The van der Waals surface area contributed by atoms with E-state index in [4.69, 9.17) is 4.74 Å². The van der Waals surface area contributed by atoms with Gasteiger partial charge in [-0.25, -0.2) is 13.8 Å². The number of hydrogen-bond acceptors (Lipinski definition) is 4. The van der Waals surface area contributed by atoms with E-state index >= 15 is 0 Å². The van der Waals surface area contributed by atoms with Crippen LogP contribution in [0.2, 0.25) is 0 Å². The van der Waals surface area contributed by atoms with Gasteiger partial charge in [0.05, 0.1) is 30.2 Å². The van der Waals surface area contributed by atoms with Crippen molar-refractivity contribution in [2.75, 3.05) is 13.7 Å². The number of hydrogen-bond donors (Lipinski definition) is 1. The number of H-pyrrole nitrogens is 1. The Hall–Kier alpha value is -3.34. The predicted molar refractivity (Wildman–Crippen MR) is 98.2 cm³/mol. The number of pyridine rings is 2. The van der Waals surface area contributed by atoms with Crippen LogP contribution in [0.15, 0.2) is 35.3 Å². The van der Waals surface area contributed by atoms with Crippen molar-refractivity contribution in [3.63, 3.8) is 0 Å². The molecule has 0 radical (unpaired) electrons. The Balaban J connectivity index is 1.76. The molecule has 6 nitrogen and oxygen atoms in total. The lowest BCUT2D eigenvalue weighted by Gasteiger charge is -2.33. The standard InChI is InChI=1S/C20H14F5N3O3/c1-28(19(30)9-4-13(22)17(26-6-9)20(23,24)25)15-8-31-7-14-16(15)11-3-2-10(21)5-12(11)18(29)27-14/h2-6,15H,7-8H2,1H3,(H,27,29)/t15-/m0/s1. The van der Waals surface area contributed by atoms with Gasteiger partial charge in [0.2, 0.25) is 0 Å². The van der Waals surface area contributed by atoms with Gasteiger partial charge in [-0.15, -0.1) is 0 Å². The van der Waals surface area contributed by atoms with Crippen LogP contribution in [0.4, 0.5) is 22.0 Å². The molecular formula is C20H14F5N3O3. The van der Waals surface area contributed by atoms with Crippen molar-refractivity contribution in [1.29, 1.82) is 0 Å². The summed E-state index contributed by atoms with van der Waals surface area (Å²) in [7, 11) is 1.36. The number of nitrogens with one attached hydrogen (secondary N) is 1. The molecule has 0 saturated heterocycles. The molecule has 2 aromatic heterocycles. The zero-order valence-corrected chi connectivity index (χ0v) is 15.9. The van der Waals surface area contributed by atoms with Gasteiger partial charge >= 0.3 is 6.18 Å². The number of halogens is 5. The van der Waals surface area contributed by atoms with Gasteiger partial charge in [0.1, 0.15) is 5.82 Å². The molecule has 3 aromatic rings. The molecule has 11 heteroatoms. The van der Waals surface area contributed by atoms with E-state index in [2.05, 4.69) is 9.97 Å². The SMILES string of the molecule is CN(C(=O)c1cnc(C(F)(F)F)c(F)c1)[C@H]1COCc2[nH]c(=O)c3cc(F)ccc3c21. The summed E-state index contributed by atoms with van der Waals surface area (Å²) in [5.74, 6) is -3.09. The summed E-state index contributed by atoms with van der Waals surface area (Å²) < 4.78 is 71.2. The van der Waals surface area contributed by atoms with Crippen LogP contribution in [0.25, 0.3) is 10.8 Å². The van der Waals surface area contributed by atoms with E-state index in [0.717, 1.165) is 11.0 Å². The minimum absolute atomic E-state index is 0.00427. The average Bonchev–Trinajstić information content (AvgIpc) is 2.71. The fraction of sp³-hybridized carbons (Fsp3) is 0.250. The minimum Gasteiger partial charge on any atom is -0.373 e. The highest BCUT2D eigenvalue weighted by Gasteiger charge is 2.37. The summed E-state index contributed by atoms with van der Waals surface area (Å²) >= 11 is 0. The molecular weight excluding hydrogens is 425 g/mol. The molecule has 3 heterocycles. The second-order valence-corrected chi connectivity index (χ2v) is 7.04. The van der Waals surface area contributed by atoms with Crippen molar-refractivity contribution in [3.05, 3.63) is 75.0 Å². The van der Waals surface area contributed by atoms with E-state index in [9.17, 15) is 31.5 Å². The van der Waals surface area contributed by atoms with Crippen molar-refractivity contribution < 1.29 is 31.5 Å². The third-order valence-corrected chi connectivity index (χ3v) is 5.11. The smallest absolute Gasteiger partial charge is 0.373 e. The Labute approximate surface area is 171 Å². The number of rotatable bonds is 2. The van der Waals surface area contributed by atoms with E-state index in [0.29, 0.717) is 28.9 Å². The highest BCUT2D eigenvalue weighted by molar-refractivity contribution is 5.95. The van der Waals surface area contributed by atoms with E-state index in [1.807, 2.05) is 0 Å². The fourth-order valence-electron chi connectivity index (χ4n) is 3.64. The molecule has 0 unspecified atom stereocenters. The second-order valence-electron chi connectivity index (χ2n) is 7.04. The molecule has 1 aliphatic heterocycles. The van der Waals surface area contributed by atoms with Crippen molar-refractivity contribution in [2.45, 2.75) is 18.8 Å². The maximum absolute atomic E-state index is 13.9. The van der Waals surface area contributed by atoms with Gasteiger partial charge in [0.25, 0.3) is 11.5 Å². The van der Waals surface area contributed by atoms with Gasteiger partial charge < -0.3 is 14.6 Å². The van der Waals surface area contributed by atoms with Crippen LogP contribution in [0.3, 0.4) is 0 Å². The van der Waals surface area contributed by atoms with E-state index in [-0.39, 0.29) is 24.2 Å². The van der Waals surface area contributed by atoms with Crippen molar-refractivity contribution in [3.8, 4) is 0 Å². The van der Waals surface area contributed by atoms with Crippen LogP contribution in [-0.4, -0.2) is 34.4 Å². The van der Waals surface area contributed by atoms with Crippen LogP contribution in [-0.2, 0) is 17.5 Å². The van der Waals surface area contributed by atoms with Crippen LogP contribution in [0.1, 0.15) is 33.4 Å². The van der Waals surface area contributed by atoms with E-state index in [1.54, 1.807) is 0 Å². The third-order valence-electron chi connectivity index (χ3n) is 5.11. The second kappa shape index (κ2) is 7.41. The number of aromatic amines is 1. The third kappa shape index (κ3) is 3.65. The lowest BCUT2D eigenvalue weighted by molar-refractivity contribution is -0.143. The molecule has 0 aliphatic carbocycles. The predicted octanol–water partition coefficient (Wildman–Crippen LogP) is 3.56. The molecule has 0 spiro atoms. The number of nitrogens with zero attached hydrogens (tertiary/aromatic N) is 2. The van der Waals surface area contributed by atoms with Gasteiger partial charge in [-0.3, -0.25) is 9.59 Å². The maximum atomic E-state index is 13.9. The Bertz CT molecular complexity index is 1260. The van der Waals surface area contributed by atoms with Crippen LogP contribution in [0.5, 0.6) is 0 Å². The first kappa shape index (κ1) is 20.9. The molecule has 31 heavy (non-hydrogen) atoms. The van der Waals surface area contributed by atoms with Gasteiger partial charge in [0, 0.05) is 24.5 Å². The number of fused-ring (bicyclic) bond motifs is 3. The monoisotopic (exact) mass is 439 g/mol. The highest BCUT2D eigenvalue weighted by Crippen LogP contribution is 2.34. The molecule has 0 bridgehead atoms. The molecule has 1 atom stereocenters. The zero-order valence-electron chi connectivity index (χ0n) is 15.9. The number of likely N-dealkylation sites (N-methyl/N-ethyl adjacent to an activating group) is 1.